The third-order valence-corrected chi connectivity index (χ3v) is 3.84. The first-order valence-electron chi connectivity index (χ1n) is 7.79. The minimum absolute atomic E-state index is 0.0304. The Bertz CT molecular complexity index is 544. The van der Waals surface area contributed by atoms with E-state index in [1.807, 2.05) is 6.92 Å². The summed E-state index contributed by atoms with van der Waals surface area (Å²) in [5.74, 6) is 0.133. The maximum absolute atomic E-state index is 12.0. The number of rotatable bonds is 6. The van der Waals surface area contributed by atoms with Crippen LogP contribution in [-0.2, 0) is 9.53 Å². The number of aliphatic hydroxyl groups is 2. The normalized spacial score (nSPS) is 22.9. The van der Waals surface area contributed by atoms with Gasteiger partial charge in [0.1, 0.15) is 11.5 Å². The van der Waals surface area contributed by atoms with Gasteiger partial charge in [-0.25, -0.2) is 0 Å². The van der Waals surface area contributed by atoms with Crippen LogP contribution in [0.2, 0.25) is 0 Å². The van der Waals surface area contributed by atoms with E-state index in [1.165, 1.54) is 6.08 Å². The molecule has 0 saturated heterocycles. The van der Waals surface area contributed by atoms with Gasteiger partial charge in [0.2, 0.25) is 0 Å². The maximum Gasteiger partial charge on any atom is 0.313 e. The van der Waals surface area contributed by atoms with E-state index in [2.05, 4.69) is 13.2 Å². The van der Waals surface area contributed by atoms with Crippen molar-refractivity contribution in [1.29, 1.82) is 0 Å². The second kappa shape index (κ2) is 9.16. The van der Waals surface area contributed by atoms with E-state index in [0.29, 0.717) is 31.4 Å². The number of esters is 1. The van der Waals surface area contributed by atoms with Gasteiger partial charge in [-0.3, -0.25) is 4.79 Å². The Morgan fingerprint density at radius 1 is 1.09 bits per heavy atom. The summed E-state index contributed by atoms with van der Waals surface area (Å²) >= 11 is 0. The lowest BCUT2D eigenvalue weighted by atomic mass is 9.87. The molecule has 0 aromatic heterocycles. The molecule has 1 saturated carbocycles. The number of carbonyl (C=O) groups excluding carboxylic acids is 1. The Kier molecular flexibility index (Phi) is 7.55. The van der Waals surface area contributed by atoms with Gasteiger partial charge in [0.15, 0.2) is 0 Å². The predicted octanol–water partition coefficient (Wildman–Crippen LogP) is 4.11. The second-order valence-corrected chi connectivity index (χ2v) is 5.90. The van der Waals surface area contributed by atoms with Crippen LogP contribution in [0.5, 0.6) is 0 Å². The number of carbonyl (C=O) groups is 1. The summed E-state index contributed by atoms with van der Waals surface area (Å²) in [4.78, 5) is 12.0. The van der Waals surface area contributed by atoms with Gasteiger partial charge in [-0.05, 0) is 62.8 Å². The SMILES string of the molecule is C=C(O)/C=C\C(=C)/C(C)=C/C=C(\C)OC(=O)C1CCC(O)CC1. The van der Waals surface area contributed by atoms with Crippen molar-refractivity contribution in [1.82, 2.24) is 0 Å². The molecule has 4 nitrogen and oxygen atoms in total. The first kappa shape index (κ1) is 19.0. The average molecular weight is 318 g/mol. The number of ether oxygens (including phenoxy) is 1. The molecule has 0 spiro atoms. The van der Waals surface area contributed by atoms with Gasteiger partial charge in [0.25, 0.3) is 0 Å². The maximum atomic E-state index is 12.0. The smallest absolute Gasteiger partial charge is 0.313 e. The third-order valence-electron chi connectivity index (χ3n) is 3.84. The molecule has 0 aromatic rings. The Balaban J connectivity index is 2.55. The van der Waals surface area contributed by atoms with Crippen LogP contribution in [0.15, 0.2) is 60.1 Å². The van der Waals surface area contributed by atoms with Gasteiger partial charge in [-0.2, -0.15) is 0 Å². The zero-order valence-corrected chi connectivity index (χ0v) is 13.9. The first-order valence-corrected chi connectivity index (χ1v) is 7.79. The molecule has 0 aliphatic heterocycles. The van der Waals surface area contributed by atoms with Gasteiger partial charge in [-0.1, -0.05) is 25.3 Å². The average Bonchev–Trinajstić information content (AvgIpc) is 2.50. The molecular formula is C19H26O4. The van der Waals surface area contributed by atoms with Gasteiger partial charge in [0.05, 0.1) is 12.0 Å². The van der Waals surface area contributed by atoms with E-state index in [1.54, 1.807) is 25.2 Å². The number of hydrogen-bond donors (Lipinski definition) is 2. The summed E-state index contributed by atoms with van der Waals surface area (Å²) in [5, 5.41) is 18.5. The topological polar surface area (TPSA) is 66.8 Å². The number of hydrogen-bond acceptors (Lipinski definition) is 4. The molecule has 2 N–H and O–H groups in total. The number of allylic oxidation sites excluding steroid dienone is 7. The van der Waals surface area contributed by atoms with Crippen molar-refractivity contribution in [2.75, 3.05) is 0 Å². The van der Waals surface area contributed by atoms with Crippen molar-refractivity contribution in [2.24, 2.45) is 5.92 Å². The molecule has 1 aliphatic carbocycles. The van der Waals surface area contributed by atoms with Crippen LogP contribution in [0.4, 0.5) is 0 Å². The van der Waals surface area contributed by atoms with Gasteiger partial charge < -0.3 is 14.9 Å². The van der Waals surface area contributed by atoms with Crippen molar-refractivity contribution in [3.63, 3.8) is 0 Å². The highest BCUT2D eigenvalue weighted by molar-refractivity contribution is 5.73. The molecule has 126 valence electrons. The highest BCUT2D eigenvalue weighted by Gasteiger charge is 2.26. The Labute approximate surface area is 138 Å². The highest BCUT2D eigenvalue weighted by atomic mass is 16.5. The van der Waals surface area contributed by atoms with Crippen molar-refractivity contribution >= 4 is 5.97 Å². The van der Waals surface area contributed by atoms with Crippen LogP contribution in [0.1, 0.15) is 39.5 Å². The molecule has 1 rings (SSSR count). The summed E-state index contributed by atoms with van der Waals surface area (Å²) in [5.41, 5.74) is 1.62. The molecule has 0 radical (unpaired) electrons. The Hall–Kier alpha value is -2.07. The molecule has 4 heteroatoms. The highest BCUT2D eigenvalue weighted by Crippen LogP contribution is 2.25. The van der Waals surface area contributed by atoms with Crippen molar-refractivity contribution in [3.05, 3.63) is 60.1 Å². The molecule has 0 bridgehead atoms. The molecule has 0 heterocycles. The van der Waals surface area contributed by atoms with Gasteiger partial charge in [0, 0.05) is 0 Å². The van der Waals surface area contributed by atoms with Gasteiger partial charge >= 0.3 is 5.97 Å². The lowest BCUT2D eigenvalue weighted by molar-refractivity contribution is -0.145. The quantitative estimate of drug-likeness (QED) is 0.439. The second-order valence-electron chi connectivity index (χ2n) is 5.90. The van der Waals surface area contributed by atoms with E-state index in [4.69, 9.17) is 9.84 Å². The van der Waals surface area contributed by atoms with E-state index >= 15 is 0 Å². The van der Waals surface area contributed by atoms with Crippen molar-refractivity contribution in [2.45, 2.75) is 45.6 Å². The molecule has 0 unspecified atom stereocenters. The summed E-state index contributed by atoms with van der Waals surface area (Å²) in [6, 6.07) is 0. The molecule has 1 fully saturated rings. The van der Waals surface area contributed by atoms with Gasteiger partial charge in [-0.15, -0.1) is 0 Å². The fourth-order valence-electron chi connectivity index (χ4n) is 2.27. The summed E-state index contributed by atoms with van der Waals surface area (Å²) in [6.07, 6.45) is 9.04. The third kappa shape index (κ3) is 7.15. The lowest BCUT2D eigenvalue weighted by Gasteiger charge is -2.23. The van der Waals surface area contributed by atoms with Crippen molar-refractivity contribution < 1.29 is 19.7 Å². The molecule has 0 atom stereocenters. The molecule has 1 aliphatic rings. The minimum atomic E-state index is -0.282. The summed E-state index contributed by atoms with van der Waals surface area (Å²) in [7, 11) is 0. The first-order chi connectivity index (χ1) is 10.8. The molecular weight excluding hydrogens is 292 g/mol. The van der Waals surface area contributed by atoms with E-state index in [-0.39, 0.29) is 23.8 Å². The van der Waals surface area contributed by atoms with Crippen LogP contribution < -0.4 is 0 Å². The molecule has 23 heavy (non-hydrogen) atoms. The molecule has 0 aromatic carbocycles. The predicted molar refractivity (Wildman–Crippen MR) is 91.6 cm³/mol. The van der Waals surface area contributed by atoms with Crippen LogP contribution in [0.3, 0.4) is 0 Å². The fraction of sp³-hybridized carbons (Fsp3) is 0.421. The Morgan fingerprint density at radius 2 is 1.70 bits per heavy atom. The minimum Gasteiger partial charge on any atom is -0.509 e. The summed E-state index contributed by atoms with van der Waals surface area (Å²) in [6.45, 7) is 10.8. The van der Waals surface area contributed by atoms with E-state index in [9.17, 15) is 9.90 Å². The standard InChI is InChI=1S/C19H26O4/c1-13(5-7-15(3)20)14(2)6-8-16(4)23-19(22)17-9-11-18(21)12-10-17/h5-8,17-18,20-21H,1,3,9-12H2,2,4H3/b7-5-,14-6+,16-8+. The van der Waals surface area contributed by atoms with Crippen molar-refractivity contribution in [3.8, 4) is 0 Å². The van der Waals surface area contributed by atoms with E-state index in [0.717, 1.165) is 11.1 Å². The van der Waals surface area contributed by atoms with Crippen LogP contribution in [-0.4, -0.2) is 22.3 Å². The van der Waals surface area contributed by atoms with Crippen LogP contribution in [0, 0.1) is 5.92 Å². The fourth-order valence-corrected chi connectivity index (χ4v) is 2.27. The Morgan fingerprint density at radius 3 is 2.26 bits per heavy atom. The zero-order chi connectivity index (χ0) is 17.4. The van der Waals surface area contributed by atoms with Crippen LogP contribution >= 0.6 is 0 Å². The molecule has 0 amide bonds. The monoisotopic (exact) mass is 318 g/mol. The zero-order valence-electron chi connectivity index (χ0n) is 13.9. The van der Waals surface area contributed by atoms with E-state index < -0.39 is 0 Å². The van der Waals surface area contributed by atoms with Crippen LogP contribution in [0.25, 0.3) is 0 Å². The lowest BCUT2D eigenvalue weighted by Crippen LogP contribution is -2.25. The largest absolute Gasteiger partial charge is 0.509 e. The summed E-state index contributed by atoms with van der Waals surface area (Å²) < 4.78 is 5.35. The number of aliphatic hydroxyl groups excluding tert-OH is 2.